The average molecular weight is 263 g/mol. The predicted octanol–water partition coefficient (Wildman–Crippen LogP) is 0.875. The van der Waals surface area contributed by atoms with Crippen molar-refractivity contribution in [1.82, 2.24) is 20.1 Å². The SMILES string of the molecule is CC(C)N(CCN)C(C)On1nnc2ccccc21. The molecule has 6 nitrogen and oxygen atoms in total. The fourth-order valence-corrected chi connectivity index (χ4v) is 2.14. The Balaban J connectivity index is 2.15. The van der Waals surface area contributed by atoms with Gasteiger partial charge in [-0.15, -0.1) is 5.10 Å². The third-order valence-electron chi connectivity index (χ3n) is 3.09. The summed E-state index contributed by atoms with van der Waals surface area (Å²) < 4.78 is 0. The van der Waals surface area contributed by atoms with Crippen LogP contribution in [0.5, 0.6) is 0 Å². The summed E-state index contributed by atoms with van der Waals surface area (Å²) in [5.41, 5.74) is 7.33. The number of benzene rings is 1. The Morgan fingerprint density at radius 2 is 2.05 bits per heavy atom. The molecule has 6 heteroatoms. The number of nitrogens with zero attached hydrogens (tertiary/aromatic N) is 4. The highest BCUT2D eigenvalue weighted by Crippen LogP contribution is 2.10. The molecule has 0 amide bonds. The molecule has 1 aromatic heterocycles. The second-order valence-corrected chi connectivity index (χ2v) is 4.78. The van der Waals surface area contributed by atoms with Crippen LogP contribution < -0.4 is 10.6 Å². The van der Waals surface area contributed by atoms with Gasteiger partial charge in [0.1, 0.15) is 11.0 Å². The molecule has 1 heterocycles. The lowest BCUT2D eigenvalue weighted by Gasteiger charge is -2.31. The Kier molecular flexibility index (Phi) is 4.34. The molecule has 0 bridgehead atoms. The third-order valence-corrected chi connectivity index (χ3v) is 3.09. The Labute approximate surface area is 113 Å². The number of para-hydroxylation sites is 1. The van der Waals surface area contributed by atoms with E-state index in [1.54, 1.807) is 0 Å². The largest absolute Gasteiger partial charge is 0.376 e. The van der Waals surface area contributed by atoms with Crippen LogP contribution in [0.25, 0.3) is 11.0 Å². The lowest BCUT2D eigenvalue weighted by Crippen LogP contribution is -2.47. The first-order valence-corrected chi connectivity index (χ1v) is 6.57. The minimum absolute atomic E-state index is 0.117. The summed E-state index contributed by atoms with van der Waals surface area (Å²) >= 11 is 0. The van der Waals surface area contributed by atoms with E-state index in [4.69, 9.17) is 10.6 Å². The van der Waals surface area contributed by atoms with Gasteiger partial charge in [0.05, 0.1) is 0 Å². The quantitative estimate of drug-likeness (QED) is 0.783. The Hall–Kier alpha value is -1.66. The molecule has 0 saturated carbocycles. The molecule has 2 rings (SSSR count). The van der Waals surface area contributed by atoms with Crippen molar-refractivity contribution < 1.29 is 4.84 Å². The van der Waals surface area contributed by atoms with Crippen molar-refractivity contribution in [3.63, 3.8) is 0 Å². The van der Waals surface area contributed by atoms with Crippen LogP contribution in [0.3, 0.4) is 0 Å². The van der Waals surface area contributed by atoms with E-state index in [9.17, 15) is 0 Å². The zero-order valence-corrected chi connectivity index (χ0v) is 11.7. The minimum Gasteiger partial charge on any atom is -0.376 e. The van der Waals surface area contributed by atoms with E-state index in [2.05, 4.69) is 29.1 Å². The van der Waals surface area contributed by atoms with Crippen LogP contribution in [0, 0.1) is 0 Å². The zero-order chi connectivity index (χ0) is 13.8. The van der Waals surface area contributed by atoms with Crippen LogP contribution in [-0.2, 0) is 0 Å². The maximum absolute atomic E-state index is 5.86. The standard InChI is InChI=1S/C13H21N5O/c1-10(2)17(9-8-14)11(3)19-18-13-7-5-4-6-12(13)15-16-18/h4-7,10-11H,8-9,14H2,1-3H3. The van der Waals surface area contributed by atoms with Gasteiger partial charge < -0.3 is 10.6 Å². The van der Waals surface area contributed by atoms with Crippen molar-refractivity contribution in [2.45, 2.75) is 33.0 Å². The Bertz CT molecular complexity index is 524. The first kappa shape index (κ1) is 13.8. The second-order valence-electron chi connectivity index (χ2n) is 4.78. The minimum atomic E-state index is -0.117. The smallest absolute Gasteiger partial charge is 0.178 e. The van der Waals surface area contributed by atoms with Crippen LogP contribution in [0.4, 0.5) is 0 Å². The number of hydrogen-bond acceptors (Lipinski definition) is 5. The molecule has 0 radical (unpaired) electrons. The van der Waals surface area contributed by atoms with Crippen molar-refractivity contribution in [1.29, 1.82) is 0 Å². The molecule has 1 atom stereocenters. The third kappa shape index (κ3) is 3.02. The van der Waals surface area contributed by atoms with Gasteiger partial charge in [-0.1, -0.05) is 17.0 Å². The van der Waals surface area contributed by atoms with E-state index < -0.39 is 0 Å². The van der Waals surface area contributed by atoms with E-state index in [-0.39, 0.29) is 6.23 Å². The van der Waals surface area contributed by atoms with Crippen LogP contribution in [-0.4, -0.2) is 45.4 Å². The molecule has 2 N–H and O–H groups in total. The van der Waals surface area contributed by atoms with E-state index in [0.717, 1.165) is 17.6 Å². The van der Waals surface area contributed by atoms with Gasteiger partial charge in [0.2, 0.25) is 0 Å². The van der Waals surface area contributed by atoms with Crippen LogP contribution in [0.15, 0.2) is 24.3 Å². The normalized spacial score (nSPS) is 13.4. The first-order chi connectivity index (χ1) is 9.13. The predicted molar refractivity (Wildman–Crippen MR) is 74.5 cm³/mol. The Morgan fingerprint density at radius 1 is 1.32 bits per heavy atom. The maximum Gasteiger partial charge on any atom is 0.178 e. The maximum atomic E-state index is 5.86. The Morgan fingerprint density at radius 3 is 2.74 bits per heavy atom. The molecule has 2 aromatic rings. The summed E-state index contributed by atoms with van der Waals surface area (Å²) in [5, 5.41) is 8.09. The number of fused-ring (bicyclic) bond motifs is 1. The lowest BCUT2D eigenvalue weighted by atomic mass is 10.3. The number of rotatable bonds is 6. The monoisotopic (exact) mass is 263 g/mol. The van der Waals surface area contributed by atoms with Gasteiger partial charge in [-0.05, 0) is 38.1 Å². The molecule has 0 fully saturated rings. The topological polar surface area (TPSA) is 69.2 Å². The van der Waals surface area contributed by atoms with Crippen LogP contribution in [0.1, 0.15) is 20.8 Å². The van der Waals surface area contributed by atoms with Gasteiger partial charge in [-0.3, -0.25) is 4.90 Å². The van der Waals surface area contributed by atoms with Crippen molar-refractivity contribution in [2.24, 2.45) is 5.73 Å². The number of nitrogens with two attached hydrogens (primary N) is 1. The van der Waals surface area contributed by atoms with E-state index >= 15 is 0 Å². The van der Waals surface area contributed by atoms with Gasteiger partial charge in [-0.2, -0.15) is 0 Å². The van der Waals surface area contributed by atoms with E-state index in [1.807, 2.05) is 31.2 Å². The molecular weight excluding hydrogens is 242 g/mol. The average Bonchev–Trinajstić information content (AvgIpc) is 2.79. The lowest BCUT2D eigenvalue weighted by molar-refractivity contribution is -0.0760. The summed E-state index contributed by atoms with van der Waals surface area (Å²) in [5.74, 6) is 0. The molecule has 104 valence electrons. The molecule has 1 unspecified atom stereocenters. The summed E-state index contributed by atoms with van der Waals surface area (Å²) in [6.45, 7) is 7.62. The van der Waals surface area contributed by atoms with E-state index in [0.29, 0.717) is 12.6 Å². The van der Waals surface area contributed by atoms with Gasteiger partial charge in [0.15, 0.2) is 6.23 Å². The van der Waals surface area contributed by atoms with E-state index in [1.165, 1.54) is 4.85 Å². The fourth-order valence-electron chi connectivity index (χ4n) is 2.14. The zero-order valence-electron chi connectivity index (χ0n) is 11.7. The molecular formula is C13H21N5O. The molecule has 0 aliphatic heterocycles. The highest BCUT2D eigenvalue weighted by atomic mass is 16.7. The summed E-state index contributed by atoms with van der Waals surface area (Å²) in [7, 11) is 0. The number of hydrogen-bond donors (Lipinski definition) is 1. The summed E-state index contributed by atoms with van der Waals surface area (Å²) in [6.07, 6.45) is -0.117. The van der Waals surface area contributed by atoms with Crippen molar-refractivity contribution in [3.8, 4) is 0 Å². The number of aromatic nitrogens is 3. The van der Waals surface area contributed by atoms with Crippen molar-refractivity contribution >= 4 is 11.0 Å². The first-order valence-electron chi connectivity index (χ1n) is 6.57. The molecule has 0 spiro atoms. The summed E-state index contributed by atoms with van der Waals surface area (Å²) in [4.78, 5) is 9.51. The molecule has 0 aliphatic carbocycles. The van der Waals surface area contributed by atoms with Gasteiger partial charge >= 0.3 is 0 Å². The second kappa shape index (κ2) is 5.99. The molecule has 0 aliphatic rings. The summed E-state index contributed by atoms with van der Waals surface area (Å²) in [6, 6.07) is 8.07. The van der Waals surface area contributed by atoms with Crippen molar-refractivity contribution in [2.75, 3.05) is 13.1 Å². The highest BCUT2D eigenvalue weighted by Gasteiger charge is 2.19. The van der Waals surface area contributed by atoms with Crippen LogP contribution >= 0.6 is 0 Å². The van der Waals surface area contributed by atoms with Crippen molar-refractivity contribution in [3.05, 3.63) is 24.3 Å². The highest BCUT2D eigenvalue weighted by molar-refractivity contribution is 5.73. The van der Waals surface area contributed by atoms with Gasteiger partial charge in [0, 0.05) is 19.1 Å². The van der Waals surface area contributed by atoms with Crippen LogP contribution in [0.2, 0.25) is 0 Å². The molecule has 19 heavy (non-hydrogen) atoms. The van der Waals surface area contributed by atoms with Gasteiger partial charge in [0.25, 0.3) is 0 Å². The fraction of sp³-hybridized carbons (Fsp3) is 0.538. The van der Waals surface area contributed by atoms with Gasteiger partial charge in [-0.25, -0.2) is 0 Å². The molecule has 1 aromatic carbocycles. The molecule has 0 saturated heterocycles.